The van der Waals surface area contributed by atoms with Crippen LogP contribution in [-0.4, -0.2) is 21.0 Å². The fourth-order valence-corrected chi connectivity index (χ4v) is 5.13. The van der Waals surface area contributed by atoms with Gasteiger partial charge in [-0.25, -0.2) is 13.2 Å². The van der Waals surface area contributed by atoms with Crippen LogP contribution in [-0.2, 0) is 19.6 Å². The molecule has 2 aromatic rings. The van der Waals surface area contributed by atoms with Gasteiger partial charge in [-0.3, -0.25) is 4.72 Å². The first-order chi connectivity index (χ1) is 12.8. The lowest BCUT2D eigenvalue weighted by Gasteiger charge is -2.12. The number of carbonyl (C=O) groups excluding carboxylic acids is 1. The highest BCUT2D eigenvalue weighted by molar-refractivity contribution is 7.93. The normalized spacial score (nSPS) is 11.6. The number of carbonyl (C=O) groups is 1. The molecule has 0 aliphatic heterocycles. The molecule has 0 unspecified atom stereocenters. The Labute approximate surface area is 170 Å². The molecule has 0 spiro atoms. The number of rotatable bonds is 7. The SMILES string of the molecule is CCOC(=O)/C(C#N)=C/Nc1ccccc1NS(=O)(=O)c1cc(Cl)sc1Cl. The maximum absolute atomic E-state index is 12.6. The molecule has 2 rings (SSSR count). The van der Waals surface area contributed by atoms with Crippen LogP contribution in [0.5, 0.6) is 0 Å². The molecule has 0 atom stereocenters. The minimum Gasteiger partial charge on any atom is -0.462 e. The standard InChI is InChI=1S/C16H13Cl2N3O4S2/c1-2-25-16(22)10(8-19)9-20-11-5-3-4-6-12(11)21-27(23,24)13-7-14(17)26-15(13)18/h3-7,9,20-21H,2H2,1H3/b10-9+. The number of halogens is 2. The number of para-hydroxylation sites is 2. The van der Waals surface area contributed by atoms with Crippen LogP contribution < -0.4 is 10.0 Å². The van der Waals surface area contributed by atoms with Gasteiger partial charge in [-0.05, 0) is 25.1 Å². The van der Waals surface area contributed by atoms with Gasteiger partial charge in [0.1, 0.15) is 15.3 Å². The first-order valence-electron chi connectivity index (χ1n) is 7.39. The van der Waals surface area contributed by atoms with Crippen molar-refractivity contribution in [3.05, 3.63) is 50.8 Å². The summed E-state index contributed by atoms with van der Waals surface area (Å²) in [4.78, 5) is 11.5. The van der Waals surface area contributed by atoms with Crippen molar-refractivity contribution in [2.75, 3.05) is 16.6 Å². The van der Waals surface area contributed by atoms with Crippen LogP contribution >= 0.6 is 34.5 Å². The van der Waals surface area contributed by atoms with E-state index in [0.717, 1.165) is 17.5 Å². The number of anilines is 2. The average Bonchev–Trinajstić information content (AvgIpc) is 2.96. The predicted octanol–water partition coefficient (Wildman–Crippen LogP) is 4.24. The zero-order valence-corrected chi connectivity index (χ0v) is 17.0. The van der Waals surface area contributed by atoms with Crippen molar-refractivity contribution in [1.82, 2.24) is 0 Å². The van der Waals surface area contributed by atoms with Gasteiger partial charge in [-0.15, -0.1) is 11.3 Å². The molecule has 7 nitrogen and oxygen atoms in total. The molecule has 11 heteroatoms. The summed E-state index contributed by atoms with van der Waals surface area (Å²) in [6, 6.07) is 9.31. The number of hydrogen-bond acceptors (Lipinski definition) is 7. The van der Waals surface area contributed by atoms with Crippen molar-refractivity contribution in [1.29, 1.82) is 5.26 Å². The van der Waals surface area contributed by atoms with E-state index in [1.807, 2.05) is 0 Å². The molecule has 27 heavy (non-hydrogen) atoms. The third kappa shape index (κ3) is 5.37. The second-order valence-corrected chi connectivity index (χ2v) is 8.81. The number of ether oxygens (including phenoxy) is 1. The largest absolute Gasteiger partial charge is 0.462 e. The van der Waals surface area contributed by atoms with E-state index in [9.17, 15) is 13.2 Å². The molecule has 1 aromatic carbocycles. The molecular weight excluding hydrogens is 433 g/mol. The minimum absolute atomic E-state index is 0.0342. The quantitative estimate of drug-likeness (QED) is 0.374. The van der Waals surface area contributed by atoms with Crippen LogP contribution in [0.15, 0.2) is 47.0 Å². The molecule has 1 aromatic heterocycles. The molecule has 0 amide bonds. The number of hydrogen-bond donors (Lipinski definition) is 2. The second-order valence-electron chi connectivity index (χ2n) is 4.87. The van der Waals surface area contributed by atoms with Crippen LogP contribution in [0.4, 0.5) is 11.4 Å². The minimum atomic E-state index is -3.99. The lowest BCUT2D eigenvalue weighted by atomic mass is 10.2. The topological polar surface area (TPSA) is 108 Å². The number of nitrogens with zero attached hydrogens (tertiary/aromatic N) is 1. The van der Waals surface area contributed by atoms with Crippen molar-refractivity contribution in [3.8, 4) is 6.07 Å². The van der Waals surface area contributed by atoms with Crippen molar-refractivity contribution >= 4 is 61.9 Å². The maximum Gasteiger partial charge on any atom is 0.350 e. The summed E-state index contributed by atoms with van der Waals surface area (Å²) >= 11 is 12.7. The van der Waals surface area contributed by atoms with Crippen molar-refractivity contribution in [2.45, 2.75) is 11.8 Å². The highest BCUT2D eigenvalue weighted by Gasteiger charge is 2.22. The summed E-state index contributed by atoms with van der Waals surface area (Å²) < 4.78 is 32.5. The Kier molecular flexibility index (Phi) is 7.10. The molecule has 0 radical (unpaired) electrons. The zero-order valence-electron chi connectivity index (χ0n) is 13.8. The molecule has 0 fully saturated rings. The Balaban J connectivity index is 2.30. The Bertz CT molecular complexity index is 1030. The average molecular weight is 446 g/mol. The summed E-state index contributed by atoms with van der Waals surface area (Å²) in [6.07, 6.45) is 1.14. The van der Waals surface area contributed by atoms with Crippen LogP contribution in [0.1, 0.15) is 6.92 Å². The van der Waals surface area contributed by atoms with Crippen LogP contribution in [0.3, 0.4) is 0 Å². The molecule has 0 saturated heterocycles. The van der Waals surface area contributed by atoms with Gasteiger partial charge in [0, 0.05) is 6.20 Å². The van der Waals surface area contributed by atoms with E-state index in [2.05, 4.69) is 10.0 Å². The molecule has 0 bridgehead atoms. The molecule has 0 saturated carbocycles. The number of thiophene rings is 1. The highest BCUT2D eigenvalue weighted by atomic mass is 35.5. The first-order valence-corrected chi connectivity index (χ1v) is 10.4. The van der Waals surface area contributed by atoms with E-state index >= 15 is 0 Å². The van der Waals surface area contributed by atoms with Crippen LogP contribution in [0.25, 0.3) is 0 Å². The van der Waals surface area contributed by atoms with Gasteiger partial charge in [0.25, 0.3) is 10.0 Å². The zero-order chi connectivity index (χ0) is 20.0. The fraction of sp³-hybridized carbons (Fsp3) is 0.125. The van der Waals surface area contributed by atoms with E-state index in [0.29, 0.717) is 5.69 Å². The highest BCUT2D eigenvalue weighted by Crippen LogP contribution is 2.35. The predicted molar refractivity (Wildman–Crippen MR) is 106 cm³/mol. The monoisotopic (exact) mass is 445 g/mol. The van der Waals surface area contributed by atoms with Crippen molar-refractivity contribution in [3.63, 3.8) is 0 Å². The van der Waals surface area contributed by atoms with E-state index < -0.39 is 16.0 Å². The van der Waals surface area contributed by atoms with Gasteiger partial charge < -0.3 is 10.1 Å². The lowest BCUT2D eigenvalue weighted by molar-refractivity contribution is -0.138. The number of esters is 1. The molecule has 2 N–H and O–H groups in total. The van der Waals surface area contributed by atoms with Crippen LogP contribution in [0, 0.1) is 11.3 Å². The molecular formula is C16H13Cl2N3O4S2. The van der Waals surface area contributed by atoms with Gasteiger partial charge >= 0.3 is 5.97 Å². The summed E-state index contributed by atoms with van der Waals surface area (Å²) in [6.45, 7) is 1.74. The van der Waals surface area contributed by atoms with Gasteiger partial charge in [-0.1, -0.05) is 35.3 Å². The summed E-state index contributed by atoms with van der Waals surface area (Å²) in [5.74, 6) is -0.787. The third-order valence-corrected chi connectivity index (χ3v) is 6.19. The molecule has 1 heterocycles. The van der Waals surface area contributed by atoms with Crippen molar-refractivity contribution < 1.29 is 17.9 Å². The van der Waals surface area contributed by atoms with Gasteiger partial charge in [0.05, 0.1) is 22.3 Å². The second kappa shape index (κ2) is 9.10. The van der Waals surface area contributed by atoms with Gasteiger partial charge in [-0.2, -0.15) is 5.26 Å². The van der Waals surface area contributed by atoms with Gasteiger partial charge in [0.2, 0.25) is 0 Å². The Hall–Kier alpha value is -2.25. The smallest absolute Gasteiger partial charge is 0.350 e. The number of benzene rings is 1. The number of nitriles is 1. The maximum atomic E-state index is 12.6. The Morgan fingerprint density at radius 2 is 2.00 bits per heavy atom. The first kappa shape index (κ1) is 21.1. The summed E-state index contributed by atoms with van der Waals surface area (Å²) in [5, 5.41) is 11.8. The van der Waals surface area contributed by atoms with Crippen molar-refractivity contribution in [2.24, 2.45) is 0 Å². The third-order valence-electron chi connectivity index (χ3n) is 3.07. The summed E-state index contributed by atoms with van der Waals surface area (Å²) in [7, 11) is -3.99. The number of nitrogens with one attached hydrogen (secondary N) is 2. The van der Waals surface area contributed by atoms with E-state index in [4.69, 9.17) is 33.2 Å². The Morgan fingerprint density at radius 3 is 2.56 bits per heavy atom. The molecule has 0 aliphatic rings. The molecule has 0 aliphatic carbocycles. The number of sulfonamides is 1. The van der Waals surface area contributed by atoms with E-state index in [1.165, 1.54) is 12.1 Å². The van der Waals surface area contributed by atoms with Gasteiger partial charge in [0.15, 0.2) is 5.57 Å². The summed E-state index contributed by atoms with van der Waals surface area (Å²) in [5.41, 5.74) is 0.242. The van der Waals surface area contributed by atoms with Crippen LogP contribution in [0.2, 0.25) is 8.67 Å². The Morgan fingerprint density at radius 1 is 1.33 bits per heavy atom. The fourth-order valence-electron chi connectivity index (χ4n) is 1.90. The van der Waals surface area contributed by atoms with E-state index in [1.54, 1.807) is 31.2 Å². The molecule has 142 valence electrons. The lowest BCUT2D eigenvalue weighted by Crippen LogP contribution is -2.14. The van der Waals surface area contributed by atoms with E-state index in [-0.39, 0.29) is 31.4 Å².